The average Bonchev–Trinajstić information content (AvgIpc) is 3.26. The van der Waals surface area contributed by atoms with Crippen molar-refractivity contribution in [1.82, 2.24) is 20.1 Å². The van der Waals surface area contributed by atoms with Crippen LogP contribution in [0.1, 0.15) is 46.3 Å². The Balaban J connectivity index is 1.81. The second kappa shape index (κ2) is 8.82. The highest BCUT2D eigenvalue weighted by Crippen LogP contribution is 2.29. The molecule has 8 heteroatoms. The molecule has 1 N–H and O–H groups in total. The van der Waals surface area contributed by atoms with Crippen LogP contribution in [0.5, 0.6) is 0 Å². The summed E-state index contributed by atoms with van der Waals surface area (Å²) in [6, 6.07) is 3.95. The number of hydrogen-bond donors (Lipinski definition) is 1. The van der Waals surface area contributed by atoms with E-state index in [1.165, 1.54) is 11.8 Å². The lowest BCUT2D eigenvalue weighted by molar-refractivity contribution is -0.120. The third-order valence-corrected chi connectivity index (χ3v) is 5.82. The molecule has 3 heterocycles. The topological polar surface area (TPSA) is 76.2 Å². The summed E-state index contributed by atoms with van der Waals surface area (Å²) in [6.07, 6.45) is 3.99. The van der Waals surface area contributed by atoms with E-state index in [2.05, 4.69) is 31.9 Å². The molecule has 1 aliphatic heterocycles. The van der Waals surface area contributed by atoms with Crippen LogP contribution >= 0.6 is 11.8 Å². The number of anilines is 1. The summed E-state index contributed by atoms with van der Waals surface area (Å²) in [6.45, 7) is 10.6. The highest BCUT2D eigenvalue weighted by molar-refractivity contribution is 8.00. The molecule has 0 aliphatic carbocycles. The van der Waals surface area contributed by atoms with Crippen molar-refractivity contribution in [1.29, 1.82) is 0 Å². The van der Waals surface area contributed by atoms with Crippen LogP contribution in [0.4, 0.5) is 5.95 Å². The van der Waals surface area contributed by atoms with Gasteiger partial charge in [0.2, 0.25) is 11.9 Å². The minimum Gasteiger partial charge on any atom is -0.467 e. The summed E-state index contributed by atoms with van der Waals surface area (Å²) in [5, 5.41) is 12.3. The molecule has 1 amide bonds. The molecular weight excluding hydrogens is 362 g/mol. The molecule has 148 valence electrons. The van der Waals surface area contributed by atoms with Gasteiger partial charge in [-0.15, -0.1) is 10.2 Å². The van der Waals surface area contributed by atoms with Crippen molar-refractivity contribution in [2.24, 2.45) is 5.92 Å². The van der Waals surface area contributed by atoms with Crippen LogP contribution in [-0.2, 0) is 11.3 Å². The number of thioether (sulfide) groups is 1. The number of piperidine rings is 1. The number of rotatable bonds is 7. The quantitative estimate of drug-likeness (QED) is 0.731. The maximum absolute atomic E-state index is 12.3. The van der Waals surface area contributed by atoms with Gasteiger partial charge in [0.25, 0.3) is 0 Å². The lowest BCUT2D eigenvalue weighted by atomic mass is 10.00. The molecule has 1 aliphatic rings. The number of aromatic nitrogens is 3. The van der Waals surface area contributed by atoms with E-state index in [-0.39, 0.29) is 17.2 Å². The van der Waals surface area contributed by atoms with Crippen LogP contribution in [0, 0.1) is 5.92 Å². The van der Waals surface area contributed by atoms with Gasteiger partial charge < -0.3 is 14.6 Å². The second-order valence-corrected chi connectivity index (χ2v) is 8.85. The molecule has 0 spiro atoms. The summed E-state index contributed by atoms with van der Waals surface area (Å²) in [5.74, 6) is 2.46. The number of carbonyl (C=O) groups excluding carboxylic acids is 1. The molecule has 2 aromatic heterocycles. The summed E-state index contributed by atoms with van der Waals surface area (Å²) in [7, 11) is 0. The molecule has 3 rings (SSSR count). The van der Waals surface area contributed by atoms with Crippen molar-refractivity contribution in [3.63, 3.8) is 0 Å². The van der Waals surface area contributed by atoms with Gasteiger partial charge in [-0.25, -0.2) is 0 Å². The summed E-state index contributed by atoms with van der Waals surface area (Å²) in [4.78, 5) is 14.6. The first-order chi connectivity index (χ1) is 12.9. The van der Waals surface area contributed by atoms with Gasteiger partial charge in [0, 0.05) is 19.1 Å². The lowest BCUT2D eigenvalue weighted by Gasteiger charge is -2.31. The average molecular weight is 392 g/mol. The van der Waals surface area contributed by atoms with Crippen LogP contribution in [0.25, 0.3) is 0 Å². The molecule has 0 bridgehead atoms. The maximum atomic E-state index is 12.3. The van der Waals surface area contributed by atoms with Crippen LogP contribution in [0.2, 0.25) is 0 Å². The Morgan fingerprint density at radius 2 is 2.07 bits per heavy atom. The SMILES string of the molecule is CC1CCN(c2nnc(SC(C)C(=O)NC(C)C)n2Cc2ccco2)CC1. The lowest BCUT2D eigenvalue weighted by Crippen LogP contribution is -2.36. The number of nitrogens with one attached hydrogen (secondary N) is 1. The third kappa shape index (κ3) is 5.06. The highest BCUT2D eigenvalue weighted by atomic mass is 32.2. The summed E-state index contributed by atoms with van der Waals surface area (Å²) in [5.41, 5.74) is 0. The highest BCUT2D eigenvalue weighted by Gasteiger charge is 2.25. The van der Waals surface area contributed by atoms with Crippen molar-refractivity contribution in [2.45, 2.75) is 63.5 Å². The molecule has 1 unspecified atom stereocenters. The van der Waals surface area contributed by atoms with E-state index in [4.69, 9.17) is 4.42 Å². The molecule has 0 aromatic carbocycles. The molecule has 1 saturated heterocycles. The first-order valence-corrected chi connectivity index (χ1v) is 10.5. The zero-order chi connectivity index (χ0) is 19.4. The Hall–Kier alpha value is -1.96. The van der Waals surface area contributed by atoms with Gasteiger partial charge in [0.1, 0.15) is 5.76 Å². The van der Waals surface area contributed by atoms with Crippen LogP contribution in [0.15, 0.2) is 28.0 Å². The van der Waals surface area contributed by atoms with Crippen molar-refractivity contribution < 1.29 is 9.21 Å². The van der Waals surface area contributed by atoms with Gasteiger partial charge in [-0.2, -0.15) is 0 Å². The Labute approximate surface area is 164 Å². The van der Waals surface area contributed by atoms with Crippen molar-refractivity contribution in [2.75, 3.05) is 18.0 Å². The molecule has 1 fully saturated rings. The summed E-state index contributed by atoms with van der Waals surface area (Å²) < 4.78 is 7.61. The van der Waals surface area contributed by atoms with Crippen molar-refractivity contribution in [3.8, 4) is 0 Å². The number of furan rings is 1. The fourth-order valence-electron chi connectivity index (χ4n) is 3.12. The molecular formula is C19H29N5O2S. The van der Waals surface area contributed by atoms with E-state index in [9.17, 15) is 4.79 Å². The number of amides is 1. The second-order valence-electron chi connectivity index (χ2n) is 7.54. The summed E-state index contributed by atoms with van der Waals surface area (Å²) >= 11 is 1.44. The number of hydrogen-bond acceptors (Lipinski definition) is 6. The first kappa shape index (κ1) is 19.8. The predicted octanol–water partition coefficient (Wildman–Crippen LogP) is 3.16. The van der Waals surface area contributed by atoms with E-state index in [0.717, 1.165) is 48.7 Å². The van der Waals surface area contributed by atoms with E-state index < -0.39 is 0 Å². The van der Waals surface area contributed by atoms with E-state index >= 15 is 0 Å². The fourth-order valence-corrected chi connectivity index (χ4v) is 3.97. The van der Waals surface area contributed by atoms with Gasteiger partial charge in [0.15, 0.2) is 5.16 Å². The van der Waals surface area contributed by atoms with Gasteiger partial charge in [0.05, 0.1) is 18.1 Å². The molecule has 0 saturated carbocycles. The zero-order valence-electron chi connectivity index (χ0n) is 16.5. The molecule has 27 heavy (non-hydrogen) atoms. The number of nitrogens with zero attached hydrogens (tertiary/aromatic N) is 4. The van der Waals surface area contributed by atoms with Gasteiger partial charge in [-0.1, -0.05) is 18.7 Å². The Morgan fingerprint density at radius 1 is 1.33 bits per heavy atom. The van der Waals surface area contributed by atoms with Gasteiger partial charge in [-0.3, -0.25) is 9.36 Å². The predicted molar refractivity (Wildman–Crippen MR) is 107 cm³/mol. The normalized spacial score (nSPS) is 16.7. The van der Waals surface area contributed by atoms with E-state index in [0.29, 0.717) is 6.54 Å². The smallest absolute Gasteiger partial charge is 0.233 e. The number of carbonyl (C=O) groups is 1. The minimum absolute atomic E-state index is 0.0101. The van der Waals surface area contributed by atoms with E-state index in [1.54, 1.807) is 6.26 Å². The molecule has 0 radical (unpaired) electrons. The molecule has 2 aromatic rings. The zero-order valence-corrected chi connectivity index (χ0v) is 17.3. The van der Waals surface area contributed by atoms with Gasteiger partial charge in [-0.05, 0) is 51.7 Å². The van der Waals surface area contributed by atoms with Crippen molar-refractivity contribution in [3.05, 3.63) is 24.2 Å². The monoisotopic (exact) mass is 391 g/mol. The Morgan fingerprint density at radius 3 is 2.70 bits per heavy atom. The Bertz CT molecular complexity index is 735. The third-order valence-electron chi connectivity index (χ3n) is 4.74. The van der Waals surface area contributed by atoms with E-state index in [1.807, 2.05) is 32.9 Å². The van der Waals surface area contributed by atoms with Crippen LogP contribution < -0.4 is 10.2 Å². The fraction of sp³-hybridized carbons (Fsp3) is 0.632. The Kier molecular flexibility index (Phi) is 6.46. The van der Waals surface area contributed by atoms with Crippen molar-refractivity contribution >= 4 is 23.6 Å². The molecule has 1 atom stereocenters. The van der Waals surface area contributed by atoms with Crippen LogP contribution in [-0.4, -0.2) is 45.1 Å². The first-order valence-electron chi connectivity index (χ1n) is 9.61. The minimum atomic E-state index is -0.249. The maximum Gasteiger partial charge on any atom is 0.233 e. The standard InChI is InChI=1S/C19H29N5O2S/c1-13(2)20-17(25)15(4)27-19-22-21-18(23-9-7-14(3)8-10-23)24(19)12-16-6-5-11-26-16/h5-6,11,13-15H,7-10,12H2,1-4H3,(H,20,25). The van der Waals surface area contributed by atoms with Crippen LogP contribution in [0.3, 0.4) is 0 Å². The van der Waals surface area contributed by atoms with Gasteiger partial charge >= 0.3 is 0 Å². The largest absolute Gasteiger partial charge is 0.467 e. The molecule has 7 nitrogen and oxygen atoms in total.